The number of ether oxygens (including phenoxy) is 1. The van der Waals surface area contributed by atoms with Gasteiger partial charge < -0.3 is 10.1 Å². The number of benzene rings is 1. The van der Waals surface area contributed by atoms with Crippen molar-refractivity contribution in [2.45, 2.75) is 13.8 Å². The van der Waals surface area contributed by atoms with Crippen molar-refractivity contribution in [3.8, 4) is 6.07 Å². The molecule has 3 nitrogen and oxygen atoms in total. The highest BCUT2D eigenvalue weighted by Gasteiger charge is 2.02. The molecule has 0 fully saturated rings. The molecule has 3 heteroatoms. The first-order valence-electron chi connectivity index (χ1n) is 5.41. The second kappa shape index (κ2) is 6.14. The molecule has 1 unspecified atom stereocenters. The van der Waals surface area contributed by atoms with Crippen LogP contribution in [-0.2, 0) is 4.74 Å². The number of hydrogen-bond donors (Lipinski definition) is 1. The van der Waals surface area contributed by atoms with Crippen LogP contribution in [0.5, 0.6) is 0 Å². The summed E-state index contributed by atoms with van der Waals surface area (Å²) in [6.45, 7) is 5.71. The summed E-state index contributed by atoms with van der Waals surface area (Å²) in [4.78, 5) is 0. The lowest BCUT2D eigenvalue weighted by atomic mass is 10.1. The Morgan fingerprint density at radius 1 is 1.50 bits per heavy atom. The Morgan fingerprint density at radius 2 is 2.25 bits per heavy atom. The molecular formula is C13H18N2O. The lowest BCUT2D eigenvalue weighted by molar-refractivity contribution is 0.164. The summed E-state index contributed by atoms with van der Waals surface area (Å²) in [5.74, 6) is 0.473. The molecule has 0 radical (unpaired) electrons. The van der Waals surface area contributed by atoms with Gasteiger partial charge in [0.2, 0.25) is 0 Å². The van der Waals surface area contributed by atoms with Crippen molar-refractivity contribution in [2.24, 2.45) is 5.92 Å². The minimum atomic E-state index is 0.473. The number of anilines is 1. The van der Waals surface area contributed by atoms with Crippen molar-refractivity contribution in [3.63, 3.8) is 0 Å². The van der Waals surface area contributed by atoms with E-state index in [-0.39, 0.29) is 0 Å². The summed E-state index contributed by atoms with van der Waals surface area (Å²) >= 11 is 0. The number of hydrogen-bond acceptors (Lipinski definition) is 3. The van der Waals surface area contributed by atoms with E-state index in [2.05, 4.69) is 18.3 Å². The molecule has 0 aromatic heterocycles. The summed E-state index contributed by atoms with van der Waals surface area (Å²) in [6, 6.07) is 7.94. The van der Waals surface area contributed by atoms with E-state index in [1.807, 2.05) is 25.1 Å². The molecule has 1 atom stereocenters. The van der Waals surface area contributed by atoms with Crippen LogP contribution in [-0.4, -0.2) is 20.3 Å². The van der Waals surface area contributed by atoms with E-state index in [9.17, 15) is 0 Å². The van der Waals surface area contributed by atoms with Crippen LogP contribution in [0.25, 0.3) is 0 Å². The Morgan fingerprint density at radius 3 is 2.81 bits per heavy atom. The quantitative estimate of drug-likeness (QED) is 0.826. The van der Waals surface area contributed by atoms with E-state index >= 15 is 0 Å². The third-order valence-corrected chi connectivity index (χ3v) is 2.45. The van der Waals surface area contributed by atoms with Gasteiger partial charge in [0.25, 0.3) is 0 Å². The summed E-state index contributed by atoms with van der Waals surface area (Å²) in [7, 11) is 1.71. The molecule has 0 saturated carbocycles. The van der Waals surface area contributed by atoms with Crippen LogP contribution in [0, 0.1) is 24.2 Å². The normalized spacial score (nSPS) is 11.9. The minimum Gasteiger partial charge on any atom is -0.385 e. The molecule has 1 aromatic rings. The topological polar surface area (TPSA) is 45.0 Å². The van der Waals surface area contributed by atoms with E-state index in [1.165, 1.54) is 0 Å². The Hall–Kier alpha value is -1.53. The second-order valence-electron chi connectivity index (χ2n) is 4.08. The molecule has 86 valence electrons. The maximum absolute atomic E-state index is 8.81. The summed E-state index contributed by atoms with van der Waals surface area (Å²) in [5.41, 5.74) is 2.79. The predicted octanol–water partition coefficient (Wildman–Crippen LogP) is 2.56. The van der Waals surface area contributed by atoms with E-state index in [1.54, 1.807) is 7.11 Å². The molecule has 0 bridgehead atoms. The molecule has 0 saturated heterocycles. The summed E-state index contributed by atoms with van der Waals surface area (Å²) in [5, 5.41) is 12.1. The van der Waals surface area contributed by atoms with Gasteiger partial charge in [-0.1, -0.05) is 6.92 Å². The van der Waals surface area contributed by atoms with Crippen LogP contribution in [0.4, 0.5) is 5.69 Å². The Labute approximate surface area is 97.0 Å². The first kappa shape index (κ1) is 12.5. The van der Waals surface area contributed by atoms with Crippen LogP contribution in [0.1, 0.15) is 18.1 Å². The molecule has 1 N–H and O–H groups in total. The van der Waals surface area contributed by atoms with Crippen molar-refractivity contribution in [1.29, 1.82) is 5.26 Å². The van der Waals surface area contributed by atoms with E-state index in [0.717, 1.165) is 30.0 Å². The fourth-order valence-electron chi connectivity index (χ4n) is 1.53. The highest BCUT2D eigenvalue weighted by Crippen LogP contribution is 2.14. The maximum Gasteiger partial charge on any atom is 0.0994 e. The van der Waals surface area contributed by atoms with Gasteiger partial charge in [-0.05, 0) is 36.6 Å². The Kier molecular flexibility index (Phi) is 4.81. The average molecular weight is 218 g/mol. The van der Waals surface area contributed by atoms with Gasteiger partial charge in [0.15, 0.2) is 0 Å². The zero-order chi connectivity index (χ0) is 12.0. The van der Waals surface area contributed by atoms with Gasteiger partial charge in [-0.25, -0.2) is 0 Å². The molecule has 16 heavy (non-hydrogen) atoms. The molecule has 0 spiro atoms. The number of aryl methyl sites for hydroxylation is 1. The molecule has 0 aliphatic heterocycles. The Balaban J connectivity index is 2.56. The lowest BCUT2D eigenvalue weighted by Crippen LogP contribution is -2.15. The van der Waals surface area contributed by atoms with Crippen molar-refractivity contribution in [2.75, 3.05) is 25.6 Å². The van der Waals surface area contributed by atoms with Crippen LogP contribution in [0.15, 0.2) is 18.2 Å². The summed E-state index contributed by atoms with van der Waals surface area (Å²) in [6.07, 6.45) is 0. The van der Waals surface area contributed by atoms with Gasteiger partial charge >= 0.3 is 0 Å². The van der Waals surface area contributed by atoms with Crippen LogP contribution in [0.3, 0.4) is 0 Å². The zero-order valence-corrected chi connectivity index (χ0v) is 10.1. The number of nitrogens with zero attached hydrogens (tertiary/aromatic N) is 1. The van der Waals surface area contributed by atoms with Gasteiger partial charge in [-0.3, -0.25) is 0 Å². The van der Waals surface area contributed by atoms with Crippen LogP contribution in [0.2, 0.25) is 0 Å². The van der Waals surface area contributed by atoms with E-state index in [4.69, 9.17) is 10.00 Å². The minimum absolute atomic E-state index is 0.473. The van der Waals surface area contributed by atoms with Crippen molar-refractivity contribution < 1.29 is 4.74 Å². The lowest BCUT2D eigenvalue weighted by Gasteiger charge is -2.13. The number of nitrogens with one attached hydrogen (secondary N) is 1. The maximum atomic E-state index is 8.81. The van der Waals surface area contributed by atoms with Crippen molar-refractivity contribution in [1.82, 2.24) is 0 Å². The molecule has 0 amide bonds. The molecule has 1 aromatic carbocycles. The molecule has 1 rings (SSSR count). The predicted molar refractivity (Wildman–Crippen MR) is 65.4 cm³/mol. The van der Waals surface area contributed by atoms with Crippen molar-refractivity contribution in [3.05, 3.63) is 29.3 Å². The van der Waals surface area contributed by atoms with Crippen LogP contribution >= 0.6 is 0 Å². The number of nitriles is 1. The molecule has 0 heterocycles. The smallest absolute Gasteiger partial charge is 0.0994 e. The summed E-state index contributed by atoms with van der Waals surface area (Å²) < 4.78 is 5.07. The first-order chi connectivity index (χ1) is 7.67. The Bertz CT molecular complexity index is 382. The molecule has 0 aliphatic rings. The van der Waals surface area contributed by atoms with Gasteiger partial charge in [0, 0.05) is 19.3 Å². The number of rotatable bonds is 5. The van der Waals surface area contributed by atoms with Gasteiger partial charge in [0.1, 0.15) is 0 Å². The van der Waals surface area contributed by atoms with Crippen molar-refractivity contribution >= 4 is 5.69 Å². The number of methoxy groups -OCH3 is 1. The third-order valence-electron chi connectivity index (χ3n) is 2.45. The monoisotopic (exact) mass is 218 g/mol. The second-order valence-corrected chi connectivity index (χ2v) is 4.08. The average Bonchev–Trinajstić information content (AvgIpc) is 2.27. The largest absolute Gasteiger partial charge is 0.385 e. The fraction of sp³-hybridized carbons (Fsp3) is 0.462. The SMILES string of the molecule is COCC(C)CNc1ccc(C#N)c(C)c1. The van der Waals surface area contributed by atoms with E-state index < -0.39 is 0 Å². The molecule has 0 aliphatic carbocycles. The molecular weight excluding hydrogens is 200 g/mol. The standard InChI is InChI=1S/C13H18N2O/c1-10(9-16-3)8-15-13-5-4-12(7-14)11(2)6-13/h4-6,10,15H,8-9H2,1-3H3. The highest BCUT2D eigenvalue weighted by molar-refractivity contribution is 5.51. The fourth-order valence-corrected chi connectivity index (χ4v) is 1.53. The van der Waals surface area contributed by atoms with Gasteiger partial charge in [0.05, 0.1) is 18.2 Å². The zero-order valence-electron chi connectivity index (χ0n) is 10.1. The third kappa shape index (κ3) is 3.56. The van der Waals surface area contributed by atoms with Gasteiger partial charge in [-0.15, -0.1) is 0 Å². The van der Waals surface area contributed by atoms with Gasteiger partial charge in [-0.2, -0.15) is 5.26 Å². The first-order valence-corrected chi connectivity index (χ1v) is 5.41. The van der Waals surface area contributed by atoms with Crippen LogP contribution < -0.4 is 5.32 Å². The highest BCUT2D eigenvalue weighted by atomic mass is 16.5. The van der Waals surface area contributed by atoms with E-state index in [0.29, 0.717) is 5.92 Å².